The third kappa shape index (κ3) is 2.93. The number of rotatable bonds is 3. The Labute approximate surface area is 92.5 Å². The highest BCUT2D eigenvalue weighted by Crippen LogP contribution is 2.28. The molecule has 0 radical (unpaired) electrons. The maximum Gasteiger partial charge on any atom is 0.0814 e. The molecular weight excluding hydrogens is 184 g/mol. The van der Waals surface area contributed by atoms with Crippen LogP contribution in [0.25, 0.3) is 0 Å². The van der Waals surface area contributed by atoms with Crippen molar-refractivity contribution in [3.63, 3.8) is 0 Å². The van der Waals surface area contributed by atoms with Crippen LogP contribution in [-0.4, -0.2) is 11.2 Å². The summed E-state index contributed by atoms with van der Waals surface area (Å²) in [6.45, 7) is 8.13. The van der Waals surface area contributed by atoms with Crippen LogP contribution in [0.2, 0.25) is 0 Å². The molecule has 15 heavy (non-hydrogen) atoms. The third-order valence-corrected chi connectivity index (χ3v) is 2.75. The van der Waals surface area contributed by atoms with E-state index in [0.29, 0.717) is 0 Å². The summed E-state index contributed by atoms with van der Waals surface area (Å²) in [5.41, 5.74) is 2.07. The summed E-state index contributed by atoms with van der Waals surface area (Å²) in [6, 6.07) is 10.1. The molecule has 1 rings (SSSR count). The first-order valence-electron chi connectivity index (χ1n) is 5.33. The molecule has 82 valence electrons. The number of hydrogen-bond donors (Lipinski definition) is 1. The number of aliphatic hydroxyl groups is 1. The maximum absolute atomic E-state index is 10.1. The predicted molar refractivity (Wildman–Crippen MR) is 64.9 cm³/mol. The molecule has 1 aromatic rings. The quantitative estimate of drug-likeness (QED) is 0.749. The van der Waals surface area contributed by atoms with Crippen molar-refractivity contribution >= 4 is 0 Å². The number of allylic oxidation sites excluding steroid dienone is 1. The zero-order valence-electron chi connectivity index (χ0n) is 9.99. The maximum atomic E-state index is 10.1. The Kier molecular flexibility index (Phi) is 3.70. The summed E-state index contributed by atoms with van der Waals surface area (Å²) in [5, 5.41) is 10.1. The molecule has 0 bridgehead atoms. The summed E-state index contributed by atoms with van der Waals surface area (Å²) in [5.74, 6) is 0. The average Bonchev–Trinajstić information content (AvgIpc) is 2.18. The molecule has 0 aliphatic carbocycles. The van der Waals surface area contributed by atoms with Gasteiger partial charge in [0.05, 0.1) is 6.10 Å². The molecule has 0 saturated heterocycles. The first kappa shape index (κ1) is 12.0. The molecule has 0 aliphatic rings. The molecular formula is C14H20O. The fourth-order valence-electron chi connectivity index (χ4n) is 1.56. The van der Waals surface area contributed by atoms with E-state index >= 15 is 0 Å². The lowest BCUT2D eigenvalue weighted by Crippen LogP contribution is -2.32. The van der Waals surface area contributed by atoms with Gasteiger partial charge in [-0.2, -0.15) is 0 Å². The largest absolute Gasteiger partial charge is 0.388 e. The van der Waals surface area contributed by atoms with E-state index in [-0.39, 0.29) is 5.41 Å². The lowest BCUT2D eigenvalue weighted by molar-refractivity contribution is 0.144. The summed E-state index contributed by atoms with van der Waals surface area (Å²) in [4.78, 5) is 0. The minimum Gasteiger partial charge on any atom is -0.388 e. The van der Waals surface area contributed by atoms with Crippen molar-refractivity contribution in [2.45, 2.75) is 39.2 Å². The van der Waals surface area contributed by atoms with Crippen molar-refractivity contribution in [1.29, 1.82) is 0 Å². The second kappa shape index (κ2) is 4.63. The van der Waals surface area contributed by atoms with Gasteiger partial charge in [-0.25, -0.2) is 0 Å². The Morgan fingerprint density at radius 1 is 1.20 bits per heavy atom. The molecule has 0 amide bonds. The van der Waals surface area contributed by atoms with E-state index in [4.69, 9.17) is 0 Å². The molecule has 1 heteroatoms. The van der Waals surface area contributed by atoms with Crippen LogP contribution in [0.4, 0.5) is 0 Å². The van der Waals surface area contributed by atoms with Crippen LogP contribution in [0, 0.1) is 0 Å². The van der Waals surface area contributed by atoms with Crippen molar-refractivity contribution in [1.82, 2.24) is 0 Å². The highest BCUT2D eigenvalue weighted by molar-refractivity contribution is 5.27. The van der Waals surface area contributed by atoms with Crippen LogP contribution in [0.15, 0.2) is 42.0 Å². The molecule has 0 spiro atoms. The molecule has 1 unspecified atom stereocenters. The van der Waals surface area contributed by atoms with E-state index in [2.05, 4.69) is 26.0 Å². The van der Waals surface area contributed by atoms with Crippen LogP contribution < -0.4 is 0 Å². The smallest absolute Gasteiger partial charge is 0.0814 e. The second-order valence-electron chi connectivity index (χ2n) is 4.78. The summed E-state index contributed by atoms with van der Waals surface area (Å²) < 4.78 is 0. The summed E-state index contributed by atoms with van der Waals surface area (Å²) in [7, 11) is 0. The minimum absolute atomic E-state index is 0.238. The average molecular weight is 204 g/mol. The van der Waals surface area contributed by atoms with Crippen LogP contribution in [0.1, 0.15) is 33.3 Å². The van der Waals surface area contributed by atoms with E-state index in [1.165, 1.54) is 0 Å². The SMILES string of the molecule is CC(C)=CC(O)C(C)(C)c1ccccc1. The van der Waals surface area contributed by atoms with E-state index in [1.807, 2.05) is 38.1 Å². The van der Waals surface area contributed by atoms with Gasteiger partial charge in [0, 0.05) is 5.41 Å². The van der Waals surface area contributed by atoms with Crippen LogP contribution in [0.5, 0.6) is 0 Å². The monoisotopic (exact) mass is 204 g/mol. The predicted octanol–water partition coefficient (Wildman–Crippen LogP) is 3.29. The molecule has 1 nitrogen and oxygen atoms in total. The Balaban J connectivity index is 2.97. The third-order valence-electron chi connectivity index (χ3n) is 2.75. The first-order valence-corrected chi connectivity index (χ1v) is 5.33. The molecule has 0 heterocycles. The van der Waals surface area contributed by atoms with Crippen LogP contribution >= 0.6 is 0 Å². The van der Waals surface area contributed by atoms with Gasteiger partial charge < -0.3 is 5.11 Å². The van der Waals surface area contributed by atoms with Gasteiger partial charge in [-0.3, -0.25) is 0 Å². The van der Waals surface area contributed by atoms with Gasteiger partial charge in [0.1, 0.15) is 0 Å². The zero-order valence-corrected chi connectivity index (χ0v) is 9.99. The van der Waals surface area contributed by atoms with Gasteiger partial charge in [-0.1, -0.05) is 55.8 Å². The lowest BCUT2D eigenvalue weighted by Gasteiger charge is -2.29. The Bertz CT molecular complexity index is 332. The Morgan fingerprint density at radius 3 is 2.20 bits per heavy atom. The standard InChI is InChI=1S/C14H20O/c1-11(2)10-13(15)14(3,4)12-8-6-5-7-9-12/h5-10,13,15H,1-4H3. The second-order valence-corrected chi connectivity index (χ2v) is 4.78. The minimum atomic E-state index is -0.440. The summed E-state index contributed by atoms with van der Waals surface area (Å²) in [6.07, 6.45) is 1.47. The van der Waals surface area contributed by atoms with E-state index in [0.717, 1.165) is 11.1 Å². The number of aliphatic hydroxyl groups excluding tert-OH is 1. The zero-order chi connectivity index (χ0) is 11.5. The molecule has 1 aromatic carbocycles. The summed E-state index contributed by atoms with van der Waals surface area (Å²) >= 11 is 0. The van der Waals surface area contributed by atoms with E-state index < -0.39 is 6.10 Å². The van der Waals surface area contributed by atoms with Gasteiger partial charge in [-0.15, -0.1) is 0 Å². The van der Waals surface area contributed by atoms with Crippen molar-refractivity contribution in [3.8, 4) is 0 Å². The molecule has 0 fully saturated rings. The van der Waals surface area contributed by atoms with Crippen molar-refractivity contribution in [2.75, 3.05) is 0 Å². The van der Waals surface area contributed by atoms with Gasteiger partial charge in [-0.05, 0) is 19.4 Å². The lowest BCUT2D eigenvalue weighted by atomic mass is 9.79. The van der Waals surface area contributed by atoms with Gasteiger partial charge >= 0.3 is 0 Å². The van der Waals surface area contributed by atoms with Crippen LogP contribution in [0.3, 0.4) is 0 Å². The van der Waals surface area contributed by atoms with E-state index in [1.54, 1.807) is 0 Å². The van der Waals surface area contributed by atoms with Crippen molar-refractivity contribution in [3.05, 3.63) is 47.5 Å². The Hall–Kier alpha value is -1.08. The number of benzene rings is 1. The fraction of sp³-hybridized carbons (Fsp3) is 0.429. The normalized spacial score (nSPS) is 13.4. The van der Waals surface area contributed by atoms with Crippen LogP contribution in [-0.2, 0) is 5.41 Å². The van der Waals surface area contributed by atoms with Crippen molar-refractivity contribution < 1.29 is 5.11 Å². The Morgan fingerprint density at radius 2 is 1.73 bits per heavy atom. The fourth-order valence-corrected chi connectivity index (χ4v) is 1.56. The first-order chi connectivity index (χ1) is 6.94. The molecule has 0 saturated carbocycles. The molecule has 1 atom stereocenters. The number of hydrogen-bond acceptors (Lipinski definition) is 1. The molecule has 0 aromatic heterocycles. The topological polar surface area (TPSA) is 20.2 Å². The van der Waals surface area contributed by atoms with Gasteiger partial charge in [0.2, 0.25) is 0 Å². The molecule has 1 N–H and O–H groups in total. The van der Waals surface area contributed by atoms with E-state index in [9.17, 15) is 5.11 Å². The van der Waals surface area contributed by atoms with Gasteiger partial charge in [0.15, 0.2) is 0 Å². The molecule has 0 aliphatic heterocycles. The highest BCUT2D eigenvalue weighted by Gasteiger charge is 2.27. The highest BCUT2D eigenvalue weighted by atomic mass is 16.3. The van der Waals surface area contributed by atoms with Crippen molar-refractivity contribution in [2.24, 2.45) is 0 Å². The van der Waals surface area contributed by atoms with Gasteiger partial charge in [0.25, 0.3) is 0 Å².